The summed E-state index contributed by atoms with van der Waals surface area (Å²) in [4.78, 5) is 0. The van der Waals surface area contributed by atoms with Crippen LogP contribution in [0.5, 0.6) is 0 Å². The largest absolute Gasteiger partial charge is 0.313 e. The lowest BCUT2D eigenvalue weighted by Gasteiger charge is -2.31. The number of aromatic nitrogens is 2. The Balaban J connectivity index is 1.06. The van der Waals surface area contributed by atoms with E-state index in [0.29, 0.717) is 0 Å². The van der Waals surface area contributed by atoms with E-state index in [-0.39, 0.29) is 10.8 Å². The van der Waals surface area contributed by atoms with E-state index in [4.69, 9.17) is 0 Å². The van der Waals surface area contributed by atoms with Crippen LogP contribution in [0.4, 0.5) is 0 Å². The van der Waals surface area contributed by atoms with Gasteiger partial charge < -0.3 is 9.13 Å². The van der Waals surface area contributed by atoms with Crippen LogP contribution in [-0.2, 0) is 10.8 Å². The molecule has 2 heterocycles. The van der Waals surface area contributed by atoms with E-state index in [1.165, 1.54) is 154 Å². The van der Waals surface area contributed by atoms with Gasteiger partial charge in [0.15, 0.2) is 0 Å². The molecule has 0 aliphatic carbocycles. The third-order valence-corrected chi connectivity index (χ3v) is 16.3. The van der Waals surface area contributed by atoms with Crippen molar-refractivity contribution in [1.29, 1.82) is 0 Å². The zero-order chi connectivity index (χ0) is 49.5. The van der Waals surface area contributed by atoms with Gasteiger partial charge in [-0.2, -0.15) is 0 Å². The second-order valence-corrected chi connectivity index (χ2v) is 22.7. The molecule has 72 heavy (non-hydrogen) atoms. The third kappa shape index (κ3) is 6.54. The Morgan fingerprint density at radius 3 is 1.03 bits per heavy atom. The van der Waals surface area contributed by atoms with Crippen LogP contribution >= 0.6 is 0 Å². The van der Waals surface area contributed by atoms with Crippen LogP contribution in [-0.4, -0.2) is 9.13 Å². The summed E-state index contributed by atoms with van der Waals surface area (Å²) in [5.41, 5.74) is 17.6. The van der Waals surface area contributed by atoms with Crippen LogP contribution in [0.25, 0.3) is 120 Å². The molecule has 2 heteroatoms. The fourth-order valence-electron chi connectivity index (χ4n) is 12.8. The van der Waals surface area contributed by atoms with Gasteiger partial charge in [0.2, 0.25) is 0 Å². The topological polar surface area (TPSA) is 9.86 Å². The minimum Gasteiger partial charge on any atom is -0.313 e. The number of aryl methyl sites for hydroxylation is 2. The molecule has 0 radical (unpaired) electrons. The fourth-order valence-corrected chi connectivity index (χ4v) is 12.8. The van der Waals surface area contributed by atoms with Gasteiger partial charge in [-0.3, -0.25) is 0 Å². The van der Waals surface area contributed by atoms with Crippen LogP contribution in [0.2, 0.25) is 0 Å². The second kappa shape index (κ2) is 15.8. The predicted octanol–water partition coefficient (Wildman–Crippen LogP) is 19.7. The molecular weight excluding hydrogens is 869 g/mol. The summed E-state index contributed by atoms with van der Waals surface area (Å²) in [5, 5.41) is 18.1. The van der Waals surface area contributed by atoms with Crippen molar-refractivity contribution in [3.05, 3.63) is 216 Å². The number of fused-ring (bicyclic) bond motifs is 8. The SMILES string of the molecule is Cc1c(C)n(-c2ccc(-c3ccc4ccccc4c3)c3ccccc23)c2cc3c(C(C)(C)C)c4cc5c(C)c(C)n(-c6ccc(-c7ccc8ccccc8c7)c7ccccc67)c5cc4c(C(C)(C)C)c3cc12. The molecule has 0 fully saturated rings. The molecule has 0 amide bonds. The molecule has 0 aliphatic heterocycles. The van der Waals surface area contributed by atoms with Gasteiger partial charge in [0.05, 0.1) is 22.4 Å². The third-order valence-electron chi connectivity index (χ3n) is 16.3. The van der Waals surface area contributed by atoms with Gasteiger partial charge in [0, 0.05) is 32.9 Å². The van der Waals surface area contributed by atoms with E-state index >= 15 is 0 Å². The molecule has 0 N–H and O–H groups in total. The highest BCUT2D eigenvalue weighted by Crippen LogP contribution is 2.49. The Bertz CT molecular complexity index is 4150. The summed E-state index contributed by atoms with van der Waals surface area (Å²) < 4.78 is 5.10. The summed E-state index contributed by atoms with van der Waals surface area (Å²) in [5.74, 6) is 0. The van der Waals surface area contributed by atoms with Crippen molar-refractivity contribution in [2.24, 2.45) is 0 Å². The molecular formula is C70H60N2. The number of hydrogen-bond acceptors (Lipinski definition) is 0. The predicted molar refractivity (Wildman–Crippen MR) is 312 cm³/mol. The first-order valence-electron chi connectivity index (χ1n) is 25.8. The van der Waals surface area contributed by atoms with Crippen LogP contribution in [0.3, 0.4) is 0 Å². The minimum absolute atomic E-state index is 0.162. The first-order valence-corrected chi connectivity index (χ1v) is 25.8. The normalized spacial score (nSPS) is 12.6. The zero-order valence-electron chi connectivity index (χ0n) is 43.2. The average molecular weight is 929 g/mol. The van der Waals surface area contributed by atoms with Gasteiger partial charge in [-0.05, 0) is 185 Å². The quantitative estimate of drug-likeness (QED) is 0.156. The van der Waals surface area contributed by atoms with Crippen molar-refractivity contribution in [2.45, 2.75) is 80.1 Å². The molecule has 13 rings (SSSR count). The highest BCUT2D eigenvalue weighted by Gasteiger charge is 2.31. The van der Waals surface area contributed by atoms with Crippen LogP contribution in [0, 0.1) is 27.7 Å². The molecule has 11 aromatic carbocycles. The van der Waals surface area contributed by atoms with Gasteiger partial charge in [0.25, 0.3) is 0 Å². The first kappa shape index (κ1) is 44.0. The molecule has 0 saturated heterocycles. The van der Waals surface area contributed by atoms with Crippen molar-refractivity contribution in [3.8, 4) is 33.6 Å². The molecule has 0 atom stereocenters. The Hall–Kier alpha value is -7.94. The lowest BCUT2D eigenvalue weighted by Crippen LogP contribution is -2.18. The maximum atomic E-state index is 2.56. The van der Waals surface area contributed by atoms with E-state index < -0.39 is 0 Å². The van der Waals surface area contributed by atoms with Crippen LogP contribution in [0.15, 0.2) is 182 Å². The highest BCUT2D eigenvalue weighted by molar-refractivity contribution is 6.16. The molecule has 0 aliphatic rings. The Labute approximate surface area is 422 Å². The highest BCUT2D eigenvalue weighted by atomic mass is 15.0. The summed E-state index contributed by atoms with van der Waals surface area (Å²) in [7, 11) is 0. The molecule has 13 aromatic rings. The van der Waals surface area contributed by atoms with E-state index in [2.05, 4.69) is 260 Å². The van der Waals surface area contributed by atoms with Crippen molar-refractivity contribution in [1.82, 2.24) is 9.13 Å². The minimum atomic E-state index is -0.162. The fraction of sp³-hybridized carbons (Fsp3) is 0.171. The summed E-state index contributed by atoms with van der Waals surface area (Å²) >= 11 is 0. The molecule has 2 aromatic heterocycles. The Morgan fingerprint density at radius 2 is 0.639 bits per heavy atom. The van der Waals surface area contributed by atoms with E-state index in [9.17, 15) is 0 Å². The standard InChI is InChI=1S/C70H60N2/c1-41-43(3)71(63-33-31-51(53-23-15-17-25-55(53)63)49-29-27-45-19-11-13-21-47(45)35-49)65-39-61-59(37-57(41)65)67(69(5,6)7)62-40-66-58(38-60(62)68(61)70(8,9)10)42(2)44(4)72(66)64-34-32-52(54-24-16-18-26-56(54)64)50-30-28-46-20-12-14-22-48(46)36-50/h11-40H,1-10H3. The lowest BCUT2D eigenvalue weighted by atomic mass is 9.73. The summed E-state index contributed by atoms with van der Waals surface area (Å²) in [6, 6.07) is 68.7. The van der Waals surface area contributed by atoms with Gasteiger partial charge in [-0.25, -0.2) is 0 Å². The number of rotatable bonds is 4. The van der Waals surface area contributed by atoms with E-state index in [0.717, 1.165) is 0 Å². The van der Waals surface area contributed by atoms with Gasteiger partial charge >= 0.3 is 0 Å². The summed E-state index contributed by atoms with van der Waals surface area (Å²) in [6.07, 6.45) is 0. The molecule has 0 saturated carbocycles. The van der Waals surface area contributed by atoms with Crippen molar-refractivity contribution >= 4 is 86.4 Å². The molecule has 350 valence electrons. The zero-order valence-corrected chi connectivity index (χ0v) is 43.2. The van der Waals surface area contributed by atoms with Gasteiger partial charge in [-0.1, -0.05) is 175 Å². The number of hydrogen-bond donors (Lipinski definition) is 0. The van der Waals surface area contributed by atoms with Gasteiger partial charge in [-0.15, -0.1) is 0 Å². The monoisotopic (exact) mass is 928 g/mol. The van der Waals surface area contributed by atoms with Crippen LogP contribution < -0.4 is 0 Å². The maximum Gasteiger partial charge on any atom is 0.0540 e. The number of nitrogens with zero attached hydrogens (tertiary/aromatic N) is 2. The van der Waals surface area contributed by atoms with Gasteiger partial charge in [0.1, 0.15) is 0 Å². The summed E-state index contributed by atoms with van der Waals surface area (Å²) in [6.45, 7) is 23.7. The van der Waals surface area contributed by atoms with E-state index in [1.54, 1.807) is 0 Å². The maximum absolute atomic E-state index is 2.56. The molecule has 2 nitrogen and oxygen atoms in total. The van der Waals surface area contributed by atoms with Crippen molar-refractivity contribution < 1.29 is 0 Å². The van der Waals surface area contributed by atoms with E-state index in [1.807, 2.05) is 0 Å². The molecule has 0 spiro atoms. The molecule has 0 bridgehead atoms. The van der Waals surface area contributed by atoms with Crippen LogP contribution in [0.1, 0.15) is 75.2 Å². The lowest BCUT2D eigenvalue weighted by molar-refractivity contribution is 0.593. The Kier molecular flexibility index (Phi) is 9.65. The number of benzene rings is 11. The molecule has 0 unspecified atom stereocenters. The van der Waals surface area contributed by atoms with Crippen molar-refractivity contribution in [2.75, 3.05) is 0 Å². The van der Waals surface area contributed by atoms with Crippen molar-refractivity contribution in [3.63, 3.8) is 0 Å². The Morgan fingerprint density at radius 1 is 0.292 bits per heavy atom. The average Bonchev–Trinajstić information content (AvgIpc) is 3.76. The first-order chi connectivity index (χ1) is 34.7. The second-order valence-electron chi connectivity index (χ2n) is 22.7. The smallest absolute Gasteiger partial charge is 0.0540 e.